The number of halogens is 2. The first-order chi connectivity index (χ1) is 9.15. The molecular formula is C16H23Cl2N. The van der Waals surface area contributed by atoms with E-state index in [2.05, 4.69) is 24.9 Å². The molecule has 0 radical (unpaired) electrons. The quantitative estimate of drug-likeness (QED) is 0.665. The Morgan fingerprint density at radius 1 is 1.21 bits per heavy atom. The Morgan fingerprint density at radius 2 is 1.89 bits per heavy atom. The highest BCUT2D eigenvalue weighted by molar-refractivity contribution is 6.30. The van der Waals surface area contributed by atoms with Crippen LogP contribution in [0.3, 0.4) is 0 Å². The summed E-state index contributed by atoms with van der Waals surface area (Å²) in [5, 5.41) is 0.766. The van der Waals surface area contributed by atoms with Gasteiger partial charge < -0.3 is 4.90 Å². The standard InChI is InChI=1S/C16H23Cl2N/c1-3-12-4-7-15(8-5-12)19(2)16-9-6-14(18)10-13(16)11-17/h6,9-10,12,15H,3-5,7-8,11H2,1-2H3. The minimum atomic E-state index is 0.518. The van der Waals surface area contributed by atoms with E-state index in [0.717, 1.165) is 16.5 Å². The predicted molar refractivity (Wildman–Crippen MR) is 85.4 cm³/mol. The van der Waals surface area contributed by atoms with E-state index in [1.807, 2.05) is 12.1 Å². The summed E-state index contributed by atoms with van der Waals surface area (Å²) < 4.78 is 0. The second-order valence-corrected chi connectivity index (χ2v) is 6.30. The maximum absolute atomic E-state index is 6.05. The number of nitrogens with zero attached hydrogens (tertiary/aromatic N) is 1. The van der Waals surface area contributed by atoms with Crippen LogP contribution in [0.15, 0.2) is 18.2 Å². The first-order valence-electron chi connectivity index (χ1n) is 7.23. The van der Waals surface area contributed by atoms with E-state index in [-0.39, 0.29) is 0 Å². The molecule has 0 heterocycles. The third-order valence-electron chi connectivity index (χ3n) is 4.51. The Labute approximate surface area is 126 Å². The number of hydrogen-bond acceptors (Lipinski definition) is 1. The predicted octanol–water partition coefficient (Wildman–Crippen LogP) is 5.48. The van der Waals surface area contributed by atoms with Gasteiger partial charge in [-0.1, -0.05) is 24.9 Å². The van der Waals surface area contributed by atoms with Gasteiger partial charge >= 0.3 is 0 Å². The lowest BCUT2D eigenvalue weighted by Crippen LogP contribution is -2.35. The molecule has 0 bridgehead atoms. The van der Waals surface area contributed by atoms with Crippen LogP contribution in [0.1, 0.15) is 44.6 Å². The van der Waals surface area contributed by atoms with Crippen molar-refractivity contribution in [2.75, 3.05) is 11.9 Å². The van der Waals surface area contributed by atoms with Crippen LogP contribution in [0.5, 0.6) is 0 Å². The molecule has 0 N–H and O–H groups in total. The van der Waals surface area contributed by atoms with Gasteiger partial charge in [0.15, 0.2) is 0 Å². The van der Waals surface area contributed by atoms with E-state index in [1.54, 1.807) is 0 Å². The first-order valence-corrected chi connectivity index (χ1v) is 8.14. The molecule has 0 saturated heterocycles. The highest BCUT2D eigenvalue weighted by Crippen LogP contribution is 2.33. The van der Waals surface area contributed by atoms with E-state index in [9.17, 15) is 0 Å². The second kappa shape index (κ2) is 6.85. The van der Waals surface area contributed by atoms with Gasteiger partial charge in [-0.2, -0.15) is 0 Å². The summed E-state index contributed by atoms with van der Waals surface area (Å²) >= 11 is 12.1. The minimum absolute atomic E-state index is 0.518. The number of alkyl halides is 1. The fraction of sp³-hybridized carbons (Fsp3) is 0.625. The fourth-order valence-electron chi connectivity index (χ4n) is 3.14. The summed E-state index contributed by atoms with van der Waals surface area (Å²) in [5.41, 5.74) is 2.37. The molecule has 1 saturated carbocycles. The normalized spacial score (nSPS) is 23.4. The van der Waals surface area contributed by atoms with Gasteiger partial charge in [-0.15, -0.1) is 11.6 Å². The van der Waals surface area contributed by atoms with Crippen molar-refractivity contribution in [1.29, 1.82) is 0 Å². The monoisotopic (exact) mass is 299 g/mol. The van der Waals surface area contributed by atoms with Crippen molar-refractivity contribution in [3.63, 3.8) is 0 Å². The maximum atomic E-state index is 6.05. The molecule has 2 rings (SSSR count). The van der Waals surface area contributed by atoms with Crippen molar-refractivity contribution >= 4 is 28.9 Å². The van der Waals surface area contributed by atoms with Crippen LogP contribution in [0.2, 0.25) is 5.02 Å². The Kier molecular flexibility index (Phi) is 5.41. The van der Waals surface area contributed by atoms with Crippen LogP contribution in [0.4, 0.5) is 5.69 Å². The highest BCUT2D eigenvalue weighted by atomic mass is 35.5. The van der Waals surface area contributed by atoms with E-state index >= 15 is 0 Å². The summed E-state index contributed by atoms with van der Waals surface area (Å²) in [7, 11) is 2.19. The Morgan fingerprint density at radius 3 is 2.47 bits per heavy atom. The molecule has 3 heteroatoms. The topological polar surface area (TPSA) is 3.24 Å². The van der Waals surface area contributed by atoms with E-state index in [0.29, 0.717) is 11.9 Å². The van der Waals surface area contributed by atoms with Gasteiger partial charge in [0.1, 0.15) is 0 Å². The maximum Gasteiger partial charge on any atom is 0.0495 e. The number of hydrogen-bond donors (Lipinski definition) is 0. The minimum Gasteiger partial charge on any atom is -0.371 e. The van der Waals surface area contributed by atoms with Crippen LogP contribution in [0.25, 0.3) is 0 Å². The van der Waals surface area contributed by atoms with Gasteiger partial charge in [-0.25, -0.2) is 0 Å². The summed E-state index contributed by atoms with van der Waals surface area (Å²) in [6.45, 7) is 2.31. The smallest absolute Gasteiger partial charge is 0.0495 e. The number of benzene rings is 1. The molecule has 0 aliphatic heterocycles. The van der Waals surface area contributed by atoms with Crippen molar-refractivity contribution in [3.8, 4) is 0 Å². The molecule has 1 aromatic rings. The molecule has 0 atom stereocenters. The molecule has 1 nitrogen and oxygen atoms in total. The van der Waals surface area contributed by atoms with Gasteiger partial charge in [-0.05, 0) is 55.4 Å². The fourth-order valence-corrected chi connectivity index (χ4v) is 3.55. The Bertz CT molecular complexity index is 411. The van der Waals surface area contributed by atoms with E-state index < -0.39 is 0 Å². The zero-order chi connectivity index (χ0) is 13.8. The van der Waals surface area contributed by atoms with Crippen molar-refractivity contribution in [2.45, 2.75) is 50.9 Å². The average Bonchev–Trinajstić information content (AvgIpc) is 2.46. The van der Waals surface area contributed by atoms with Gasteiger partial charge in [0.2, 0.25) is 0 Å². The molecule has 19 heavy (non-hydrogen) atoms. The first kappa shape index (κ1) is 15.0. The lowest BCUT2D eigenvalue weighted by atomic mass is 9.84. The molecule has 1 aromatic carbocycles. The number of rotatable bonds is 4. The summed E-state index contributed by atoms with van der Waals surface area (Å²) in [5.74, 6) is 1.45. The van der Waals surface area contributed by atoms with Crippen molar-refractivity contribution in [1.82, 2.24) is 0 Å². The van der Waals surface area contributed by atoms with Crippen LogP contribution in [-0.2, 0) is 5.88 Å². The van der Waals surface area contributed by atoms with Crippen LogP contribution < -0.4 is 4.90 Å². The van der Waals surface area contributed by atoms with Gasteiger partial charge in [0, 0.05) is 29.7 Å². The molecule has 0 aromatic heterocycles. The molecular weight excluding hydrogens is 277 g/mol. The largest absolute Gasteiger partial charge is 0.371 e. The molecule has 0 spiro atoms. The molecule has 0 unspecified atom stereocenters. The van der Waals surface area contributed by atoms with E-state index in [4.69, 9.17) is 23.2 Å². The summed E-state index contributed by atoms with van der Waals surface area (Å²) in [4.78, 5) is 2.40. The highest BCUT2D eigenvalue weighted by Gasteiger charge is 2.24. The lowest BCUT2D eigenvalue weighted by molar-refractivity contribution is 0.313. The Hall–Kier alpha value is -0.400. The van der Waals surface area contributed by atoms with Crippen molar-refractivity contribution in [2.24, 2.45) is 5.92 Å². The zero-order valence-electron chi connectivity index (χ0n) is 11.8. The molecule has 1 aliphatic carbocycles. The van der Waals surface area contributed by atoms with Gasteiger partial charge in [0.05, 0.1) is 0 Å². The zero-order valence-corrected chi connectivity index (χ0v) is 13.3. The van der Waals surface area contributed by atoms with Crippen LogP contribution >= 0.6 is 23.2 Å². The third kappa shape index (κ3) is 3.58. The second-order valence-electron chi connectivity index (χ2n) is 5.60. The van der Waals surface area contributed by atoms with Crippen LogP contribution in [0, 0.1) is 5.92 Å². The number of anilines is 1. The summed E-state index contributed by atoms with van der Waals surface area (Å²) in [6, 6.07) is 6.69. The molecule has 0 amide bonds. The Balaban J connectivity index is 2.09. The molecule has 106 valence electrons. The average molecular weight is 300 g/mol. The molecule has 1 aliphatic rings. The third-order valence-corrected chi connectivity index (χ3v) is 5.03. The van der Waals surface area contributed by atoms with Crippen molar-refractivity contribution < 1.29 is 0 Å². The molecule has 1 fully saturated rings. The van der Waals surface area contributed by atoms with Gasteiger partial charge in [0.25, 0.3) is 0 Å². The lowest BCUT2D eigenvalue weighted by Gasteiger charge is -2.36. The van der Waals surface area contributed by atoms with E-state index in [1.165, 1.54) is 37.8 Å². The van der Waals surface area contributed by atoms with Crippen molar-refractivity contribution in [3.05, 3.63) is 28.8 Å². The van der Waals surface area contributed by atoms with Gasteiger partial charge in [-0.3, -0.25) is 0 Å². The summed E-state index contributed by atoms with van der Waals surface area (Å²) in [6.07, 6.45) is 6.62. The van der Waals surface area contributed by atoms with Crippen LogP contribution in [-0.4, -0.2) is 13.1 Å². The SMILES string of the molecule is CCC1CCC(N(C)c2ccc(Cl)cc2CCl)CC1.